The van der Waals surface area contributed by atoms with E-state index in [0.717, 1.165) is 18.4 Å². The standard InChI is InChI=1S/C16H22Cl2N2O2.ClH/c1-2-15(19)16(21)20-7-5-12(6-8-20)22-10-11-3-4-13(17)14(18)9-11;/h3-4,9,12,15H,2,5-8,10,19H2,1H3;1H. The molecule has 23 heavy (non-hydrogen) atoms. The Kier molecular flexibility index (Phi) is 8.65. The maximum atomic E-state index is 12.0. The van der Waals surface area contributed by atoms with Crippen LogP contribution in [0.15, 0.2) is 18.2 Å². The summed E-state index contributed by atoms with van der Waals surface area (Å²) in [6.07, 6.45) is 2.51. The summed E-state index contributed by atoms with van der Waals surface area (Å²) in [5.74, 6) is 0.0467. The van der Waals surface area contributed by atoms with Crippen LogP contribution >= 0.6 is 35.6 Å². The molecular weight excluding hydrogens is 359 g/mol. The molecule has 0 aromatic heterocycles. The minimum absolute atomic E-state index is 0. The number of amides is 1. The van der Waals surface area contributed by atoms with Gasteiger partial charge in [-0.1, -0.05) is 36.2 Å². The van der Waals surface area contributed by atoms with Gasteiger partial charge in [0.15, 0.2) is 0 Å². The van der Waals surface area contributed by atoms with Crippen LogP contribution in [0, 0.1) is 0 Å². The number of benzene rings is 1. The fourth-order valence-electron chi connectivity index (χ4n) is 2.50. The molecule has 1 aliphatic rings. The molecule has 1 saturated heterocycles. The number of nitrogens with zero attached hydrogens (tertiary/aromatic N) is 1. The van der Waals surface area contributed by atoms with Crippen molar-refractivity contribution >= 4 is 41.5 Å². The highest BCUT2D eigenvalue weighted by molar-refractivity contribution is 6.42. The van der Waals surface area contributed by atoms with Crippen LogP contribution in [0.2, 0.25) is 10.0 Å². The van der Waals surface area contributed by atoms with Crippen LogP contribution in [0.1, 0.15) is 31.7 Å². The quantitative estimate of drug-likeness (QED) is 0.847. The lowest BCUT2D eigenvalue weighted by molar-refractivity contribution is -0.135. The normalized spacial score (nSPS) is 16.8. The minimum Gasteiger partial charge on any atom is -0.373 e. The first-order chi connectivity index (χ1) is 10.5. The lowest BCUT2D eigenvalue weighted by Gasteiger charge is -2.33. The lowest BCUT2D eigenvalue weighted by Crippen LogP contribution is -2.48. The van der Waals surface area contributed by atoms with Crippen molar-refractivity contribution in [3.63, 3.8) is 0 Å². The Balaban J connectivity index is 0.00000264. The zero-order chi connectivity index (χ0) is 16.1. The number of piperidine rings is 1. The second-order valence-corrected chi connectivity index (χ2v) is 6.41. The van der Waals surface area contributed by atoms with Gasteiger partial charge in [-0.3, -0.25) is 4.79 Å². The molecule has 130 valence electrons. The van der Waals surface area contributed by atoms with Crippen molar-refractivity contribution in [1.29, 1.82) is 0 Å². The van der Waals surface area contributed by atoms with E-state index in [1.165, 1.54) is 0 Å². The van der Waals surface area contributed by atoms with Gasteiger partial charge < -0.3 is 15.4 Å². The minimum atomic E-state index is -0.381. The average molecular weight is 382 g/mol. The molecule has 0 spiro atoms. The van der Waals surface area contributed by atoms with Gasteiger partial charge >= 0.3 is 0 Å². The van der Waals surface area contributed by atoms with E-state index >= 15 is 0 Å². The van der Waals surface area contributed by atoms with Crippen LogP contribution in [0.5, 0.6) is 0 Å². The lowest BCUT2D eigenvalue weighted by atomic mass is 10.1. The molecule has 0 aliphatic carbocycles. The first-order valence-electron chi connectivity index (χ1n) is 7.61. The Morgan fingerprint density at radius 3 is 2.57 bits per heavy atom. The molecule has 1 atom stereocenters. The van der Waals surface area contributed by atoms with Crippen LogP contribution in [0.25, 0.3) is 0 Å². The van der Waals surface area contributed by atoms with Crippen LogP contribution in [0.3, 0.4) is 0 Å². The molecule has 1 amide bonds. The molecule has 0 radical (unpaired) electrons. The molecule has 1 aromatic rings. The van der Waals surface area contributed by atoms with E-state index in [4.69, 9.17) is 33.7 Å². The zero-order valence-corrected chi connectivity index (χ0v) is 15.5. The SMILES string of the molecule is CCC(N)C(=O)N1CCC(OCc2ccc(Cl)c(Cl)c2)CC1.Cl. The summed E-state index contributed by atoms with van der Waals surface area (Å²) in [7, 11) is 0. The fraction of sp³-hybridized carbons (Fsp3) is 0.562. The Morgan fingerprint density at radius 2 is 2.00 bits per heavy atom. The molecule has 2 N–H and O–H groups in total. The number of nitrogens with two attached hydrogens (primary N) is 1. The van der Waals surface area contributed by atoms with Gasteiger partial charge in [0.2, 0.25) is 5.91 Å². The van der Waals surface area contributed by atoms with Crippen molar-refractivity contribution in [3.8, 4) is 0 Å². The average Bonchev–Trinajstić information content (AvgIpc) is 2.55. The number of likely N-dealkylation sites (tertiary alicyclic amines) is 1. The number of rotatable bonds is 5. The monoisotopic (exact) mass is 380 g/mol. The second-order valence-electron chi connectivity index (χ2n) is 5.60. The van der Waals surface area contributed by atoms with E-state index in [9.17, 15) is 4.79 Å². The number of hydrogen-bond donors (Lipinski definition) is 1. The number of carbonyl (C=O) groups is 1. The highest BCUT2D eigenvalue weighted by Gasteiger charge is 2.25. The highest BCUT2D eigenvalue weighted by Crippen LogP contribution is 2.24. The van der Waals surface area contributed by atoms with E-state index in [2.05, 4.69) is 0 Å². The smallest absolute Gasteiger partial charge is 0.239 e. The summed E-state index contributed by atoms with van der Waals surface area (Å²) in [6, 6.07) is 5.13. The Bertz CT molecular complexity index is 520. The third kappa shape index (κ3) is 5.80. The molecule has 0 bridgehead atoms. The van der Waals surface area contributed by atoms with Gasteiger partial charge in [0.1, 0.15) is 0 Å². The molecule has 1 aromatic carbocycles. The number of hydrogen-bond acceptors (Lipinski definition) is 3. The molecule has 7 heteroatoms. The van der Waals surface area contributed by atoms with Crippen LogP contribution in [0.4, 0.5) is 0 Å². The topological polar surface area (TPSA) is 55.6 Å². The Morgan fingerprint density at radius 1 is 1.35 bits per heavy atom. The van der Waals surface area contributed by atoms with Gasteiger partial charge in [-0.05, 0) is 37.0 Å². The van der Waals surface area contributed by atoms with E-state index in [1.54, 1.807) is 6.07 Å². The van der Waals surface area contributed by atoms with Gasteiger partial charge in [-0.25, -0.2) is 0 Å². The summed E-state index contributed by atoms with van der Waals surface area (Å²) >= 11 is 11.9. The van der Waals surface area contributed by atoms with Gasteiger partial charge in [-0.2, -0.15) is 0 Å². The van der Waals surface area contributed by atoms with Crippen molar-refractivity contribution in [3.05, 3.63) is 33.8 Å². The van der Waals surface area contributed by atoms with E-state index in [-0.39, 0.29) is 30.5 Å². The van der Waals surface area contributed by atoms with Gasteiger partial charge in [0, 0.05) is 13.1 Å². The fourth-order valence-corrected chi connectivity index (χ4v) is 2.82. The Hall–Kier alpha value is -0.520. The molecular formula is C16H23Cl3N2O2. The van der Waals surface area contributed by atoms with Gasteiger partial charge in [-0.15, -0.1) is 12.4 Å². The summed E-state index contributed by atoms with van der Waals surface area (Å²) in [5.41, 5.74) is 6.80. The number of ether oxygens (including phenoxy) is 1. The molecule has 1 aliphatic heterocycles. The largest absolute Gasteiger partial charge is 0.373 e. The summed E-state index contributed by atoms with van der Waals surface area (Å²) in [6.45, 7) is 3.84. The predicted molar refractivity (Wildman–Crippen MR) is 96.4 cm³/mol. The van der Waals surface area contributed by atoms with Crippen molar-refractivity contribution < 1.29 is 9.53 Å². The first kappa shape index (κ1) is 20.5. The molecule has 1 heterocycles. The molecule has 1 unspecified atom stereocenters. The first-order valence-corrected chi connectivity index (χ1v) is 8.36. The van der Waals surface area contributed by atoms with E-state index in [0.29, 0.717) is 36.2 Å². The summed E-state index contributed by atoms with van der Waals surface area (Å²) < 4.78 is 5.91. The summed E-state index contributed by atoms with van der Waals surface area (Å²) in [5, 5.41) is 1.08. The van der Waals surface area contributed by atoms with Crippen molar-refractivity contribution in [1.82, 2.24) is 4.90 Å². The van der Waals surface area contributed by atoms with Crippen molar-refractivity contribution in [2.75, 3.05) is 13.1 Å². The van der Waals surface area contributed by atoms with Gasteiger partial charge in [0.05, 0.1) is 28.8 Å². The molecule has 0 saturated carbocycles. The van der Waals surface area contributed by atoms with Crippen LogP contribution in [-0.2, 0) is 16.1 Å². The maximum Gasteiger partial charge on any atom is 0.239 e. The van der Waals surface area contributed by atoms with E-state index < -0.39 is 0 Å². The Labute approximate surface area is 153 Å². The molecule has 1 fully saturated rings. The van der Waals surface area contributed by atoms with E-state index in [1.807, 2.05) is 24.0 Å². The zero-order valence-electron chi connectivity index (χ0n) is 13.1. The van der Waals surface area contributed by atoms with Crippen molar-refractivity contribution in [2.24, 2.45) is 5.73 Å². The van der Waals surface area contributed by atoms with Gasteiger partial charge in [0.25, 0.3) is 0 Å². The van der Waals surface area contributed by atoms with Crippen molar-refractivity contribution in [2.45, 2.75) is 44.9 Å². The number of halogens is 3. The highest BCUT2D eigenvalue weighted by atomic mass is 35.5. The summed E-state index contributed by atoms with van der Waals surface area (Å²) in [4.78, 5) is 13.9. The molecule has 2 rings (SSSR count). The molecule has 4 nitrogen and oxygen atoms in total. The second kappa shape index (κ2) is 9.70. The maximum absolute atomic E-state index is 12.0. The van der Waals surface area contributed by atoms with Crippen LogP contribution in [-0.4, -0.2) is 36.0 Å². The predicted octanol–water partition coefficient (Wildman–Crippen LogP) is 3.66. The third-order valence-electron chi connectivity index (χ3n) is 3.98. The number of carbonyl (C=O) groups excluding carboxylic acids is 1. The van der Waals surface area contributed by atoms with Crippen LogP contribution < -0.4 is 5.73 Å². The third-order valence-corrected chi connectivity index (χ3v) is 4.72.